The van der Waals surface area contributed by atoms with Gasteiger partial charge in [-0.2, -0.15) is 0 Å². The molecule has 2 bridgehead atoms. The zero-order chi connectivity index (χ0) is 8.77. The average Bonchev–Trinajstić information content (AvgIpc) is 2.25. The van der Waals surface area contributed by atoms with Crippen LogP contribution >= 0.6 is 21.6 Å². The Hall–Kier alpha value is 0.170. The molecule has 12 heavy (non-hydrogen) atoms. The first kappa shape index (κ1) is 8.75. The molecule has 0 aliphatic carbocycles. The second kappa shape index (κ2) is 2.84. The number of ether oxygens (including phenoxy) is 1. The van der Waals surface area contributed by atoms with Crippen molar-refractivity contribution in [3.05, 3.63) is 0 Å². The van der Waals surface area contributed by atoms with Gasteiger partial charge in [0.05, 0.1) is 10.7 Å². The van der Waals surface area contributed by atoms with E-state index in [0.29, 0.717) is 0 Å². The molecule has 0 N–H and O–H groups in total. The van der Waals surface area contributed by atoms with Crippen LogP contribution in [-0.4, -0.2) is 22.6 Å². The highest BCUT2D eigenvalue weighted by Crippen LogP contribution is 2.48. The maximum atomic E-state index is 11.3. The Balaban J connectivity index is 2.21. The Labute approximate surface area is 80.2 Å². The average molecular weight is 204 g/mol. The predicted octanol–water partition coefficient (Wildman–Crippen LogP) is 2.09. The minimum atomic E-state index is 0.0147. The van der Waals surface area contributed by atoms with E-state index in [1.807, 2.05) is 10.8 Å². The lowest BCUT2D eigenvalue weighted by atomic mass is 9.99. The molecule has 0 spiro atoms. The van der Waals surface area contributed by atoms with Crippen LogP contribution in [0.3, 0.4) is 0 Å². The second-order valence-corrected chi connectivity index (χ2v) is 6.82. The van der Waals surface area contributed by atoms with E-state index >= 15 is 0 Å². The van der Waals surface area contributed by atoms with Crippen LogP contribution in [0.15, 0.2) is 0 Å². The summed E-state index contributed by atoms with van der Waals surface area (Å²) in [6.45, 7) is 4.30. The van der Waals surface area contributed by atoms with E-state index in [4.69, 9.17) is 4.74 Å². The molecule has 2 unspecified atom stereocenters. The minimum Gasteiger partial charge on any atom is -0.461 e. The molecule has 2 aliphatic rings. The Morgan fingerprint density at radius 1 is 1.58 bits per heavy atom. The smallest absolute Gasteiger partial charge is 0.310 e. The molecule has 2 rings (SSSR count). The molecule has 4 heteroatoms. The van der Waals surface area contributed by atoms with Gasteiger partial charge in [0.1, 0.15) is 6.10 Å². The standard InChI is InChI=1S/C8H12O2S2/c1-8(2)6-3-5(4-11-12-8)7(9)10-6/h5-6H,3-4H2,1-2H3. The number of hydrogen-bond donors (Lipinski definition) is 0. The van der Waals surface area contributed by atoms with E-state index in [1.165, 1.54) is 0 Å². The fourth-order valence-corrected chi connectivity index (χ4v) is 4.51. The number of carbonyl (C=O) groups is 1. The van der Waals surface area contributed by atoms with Crippen molar-refractivity contribution in [3.63, 3.8) is 0 Å². The molecule has 0 aromatic carbocycles. The number of hydrogen-bond acceptors (Lipinski definition) is 4. The molecular formula is C8H12O2S2. The van der Waals surface area contributed by atoms with Gasteiger partial charge in [0, 0.05) is 5.75 Å². The van der Waals surface area contributed by atoms with Crippen molar-refractivity contribution in [1.29, 1.82) is 0 Å². The Bertz CT molecular complexity index is 215. The van der Waals surface area contributed by atoms with Crippen LogP contribution in [0.2, 0.25) is 0 Å². The lowest BCUT2D eigenvalue weighted by Crippen LogP contribution is -2.31. The summed E-state index contributed by atoms with van der Waals surface area (Å²) in [7, 11) is 3.65. The van der Waals surface area contributed by atoms with Crippen molar-refractivity contribution in [2.24, 2.45) is 5.92 Å². The maximum Gasteiger partial charge on any atom is 0.310 e. The zero-order valence-corrected chi connectivity index (χ0v) is 8.83. The summed E-state index contributed by atoms with van der Waals surface area (Å²) in [5, 5.41) is 0. The van der Waals surface area contributed by atoms with Crippen molar-refractivity contribution >= 4 is 27.6 Å². The van der Waals surface area contributed by atoms with Crippen molar-refractivity contribution in [1.82, 2.24) is 0 Å². The van der Waals surface area contributed by atoms with E-state index in [2.05, 4.69) is 13.8 Å². The van der Waals surface area contributed by atoms with Crippen molar-refractivity contribution in [2.75, 3.05) is 5.75 Å². The molecule has 0 saturated carbocycles. The first-order valence-corrected chi connectivity index (χ1v) is 6.42. The van der Waals surface area contributed by atoms with Gasteiger partial charge in [0.15, 0.2) is 0 Å². The van der Waals surface area contributed by atoms with Crippen LogP contribution in [0.1, 0.15) is 20.3 Å². The molecule has 0 aromatic heterocycles. The van der Waals surface area contributed by atoms with Crippen LogP contribution in [0.25, 0.3) is 0 Å². The van der Waals surface area contributed by atoms with Gasteiger partial charge in [0.2, 0.25) is 0 Å². The van der Waals surface area contributed by atoms with Crippen molar-refractivity contribution in [3.8, 4) is 0 Å². The third-order valence-corrected chi connectivity index (χ3v) is 5.81. The maximum absolute atomic E-state index is 11.3. The van der Waals surface area contributed by atoms with Crippen LogP contribution in [0, 0.1) is 5.92 Å². The van der Waals surface area contributed by atoms with Gasteiger partial charge in [-0.25, -0.2) is 0 Å². The van der Waals surface area contributed by atoms with Gasteiger partial charge in [0.25, 0.3) is 0 Å². The summed E-state index contributed by atoms with van der Waals surface area (Å²) >= 11 is 0. The van der Waals surface area contributed by atoms with Gasteiger partial charge in [-0.15, -0.1) is 0 Å². The molecule has 2 fully saturated rings. The predicted molar refractivity (Wildman–Crippen MR) is 52.1 cm³/mol. The van der Waals surface area contributed by atoms with E-state index in [1.54, 1.807) is 10.8 Å². The summed E-state index contributed by atoms with van der Waals surface area (Å²) < 4.78 is 5.40. The fraction of sp³-hybridized carbons (Fsp3) is 0.875. The molecule has 68 valence electrons. The Morgan fingerprint density at radius 2 is 2.33 bits per heavy atom. The summed E-state index contributed by atoms with van der Waals surface area (Å²) in [6.07, 6.45) is 1.06. The van der Waals surface area contributed by atoms with Gasteiger partial charge < -0.3 is 4.74 Å². The van der Waals surface area contributed by atoms with Gasteiger partial charge in [-0.05, 0) is 20.3 Å². The van der Waals surface area contributed by atoms with Gasteiger partial charge in [-0.1, -0.05) is 21.6 Å². The highest BCUT2D eigenvalue weighted by molar-refractivity contribution is 8.77. The molecule has 2 aliphatic heterocycles. The third kappa shape index (κ3) is 1.35. The largest absolute Gasteiger partial charge is 0.461 e. The lowest BCUT2D eigenvalue weighted by Gasteiger charge is -2.27. The topological polar surface area (TPSA) is 26.3 Å². The van der Waals surface area contributed by atoms with Crippen LogP contribution < -0.4 is 0 Å². The monoisotopic (exact) mass is 204 g/mol. The molecule has 0 amide bonds. The van der Waals surface area contributed by atoms with Crippen LogP contribution in [0.4, 0.5) is 0 Å². The highest BCUT2D eigenvalue weighted by atomic mass is 33.1. The molecule has 0 aromatic rings. The van der Waals surface area contributed by atoms with Crippen molar-refractivity contribution < 1.29 is 9.53 Å². The van der Waals surface area contributed by atoms with E-state index in [0.717, 1.165) is 12.2 Å². The van der Waals surface area contributed by atoms with Crippen molar-refractivity contribution in [2.45, 2.75) is 31.1 Å². The Morgan fingerprint density at radius 3 is 3.08 bits per heavy atom. The molecule has 2 heterocycles. The molecular weight excluding hydrogens is 192 g/mol. The summed E-state index contributed by atoms with van der Waals surface area (Å²) in [5.41, 5.74) is 0. The fourth-order valence-electron chi connectivity index (χ4n) is 1.52. The summed E-state index contributed by atoms with van der Waals surface area (Å²) in [4.78, 5) is 11.3. The summed E-state index contributed by atoms with van der Waals surface area (Å²) in [5.74, 6) is 1.10. The number of carbonyl (C=O) groups excluding carboxylic acids is 1. The summed E-state index contributed by atoms with van der Waals surface area (Å²) in [6, 6.07) is 0. The number of rotatable bonds is 0. The molecule has 0 radical (unpaired) electrons. The SMILES string of the molecule is CC1(C)SSCC2CC1OC2=O. The van der Waals surface area contributed by atoms with E-state index in [9.17, 15) is 4.79 Å². The van der Waals surface area contributed by atoms with Crippen LogP contribution in [-0.2, 0) is 9.53 Å². The normalized spacial score (nSPS) is 39.0. The number of fused-ring (bicyclic) bond motifs is 2. The highest BCUT2D eigenvalue weighted by Gasteiger charge is 2.46. The quantitative estimate of drug-likeness (QED) is 0.446. The molecule has 2 nitrogen and oxygen atoms in total. The molecule has 2 saturated heterocycles. The first-order valence-electron chi connectivity index (χ1n) is 4.11. The third-order valence-electron chi connectivity index (χ3n) is 2.41. The number of esters is 1. The second-order valence-electron chi connectivity index (χ2n) is 3.83. The first-order chi connectivity index (χ1) is 5.59. The van der Waals surface area contributed by atoms with E-state index in [-0.39, 0.29) is 22.7 Å². The van der Waals surface area contributed by atoms with Gasteiger partial charge >= 0.3 is 5.97 Å². The van der Waals surface area contributed by atoms with Gasteiger partial charge in [-0.3, -0.25) is 4.79 Å². The Kier molecular flexibility index (Phi) is 2.07. The van der Waals surface area contributed by atoms with Crippen LogP contribution in [0.5, 0.6) is 0 Å². The van der Waals surface area contributed by atoms with E-state index < -0.39 is 0 Å². The zero-order valence-electron chi connectivity index (χ0n) is 7.20. The lowest BCUT2D eigenvalue weighted by molar-refractivity contribution is -0.144. The minimum absolute atomic E-state index is 0.0147. The molecule has 2 atom stereocenters.